The van der Waals surface area contributed by atoms with Crippen LogP contribution in [0.15, 0.2) is 21.7 Å². The van der Waals surface area contributed by atoms with Gasteiger partial charge < -0.3 is 4.74 Å². The average Bonchev–Trinajstić information content (AvgIpc) is 2.36. The minimum Gasteiger partial charge on any atom is -0.400 e. The summed E-state index contributed by atoms with van der Waals surface area (Å²) in [5.74, 6) is -2.45. The third kappa shape index (κ3) is 4.10. The third-order valence-corrected chi connectivity index (χ3v) is 2.43. The molecule has 0 spiro atoms. The Morgan fingerprint density at radius 2 is 1.90 bits per heavy atom. The molecule has 0 amide bonds. The Morgan fingerprint density at radius 1 is 1.30 bits per heavy atom. The molecule has 0 fully saturated rings. The molecule has 0 atom stereocenters. The summed E-state index contributed by atoms with van der Waals surface area (Å²) in [5.41, 5.74) is 0.815. The monoisotopic (exact) mass is 350 g/mol. The van der Waals surface area contributed by atoms with Crippen LogP contribution >= 0.6 is 15.9 Å². The lowest BCUT2D eigenvalue weighted by atomic mass is 10.3. The van der Waals surface area contributed by atoms with Gasteiger partial charge in [-0.25, -0.2) is 4.39 Å². The van der Waals surface area contributed by atoms with E-state index in [0.717, 1.165) is 12.1 Å². The standard InChI is InChI=1S/C10H3BrF4N4O/c11-6-1-2-7(12)9(20-10(13,14)15)8(6)19-18-5(3-16)4-17/h1-2,19H. The van der Waals surface area contributed by atoms with Crippen molar-refractivity contribution in [1.29, 1.82) is 10.5 Å². The van der Waals surface area contributed by atoms with Gasteiger partial charge in [-0.05, 0) is 28.1 Å². The van der Waals surface area contributed by atoms with E-state index in [9.17, 15) is 17.6 Å². The van der Waals surface area contributed by atoms with Crippen LogP contribution in [0, 0.1) is 28.5 Å². The van der Waals surface area contributed by atoms with Gasteiger partial charge in [-0.3, -0.25) is 5.43 Å². The number of ether oxygens (including phenoxy) is 1. The summed E-state index contributed by atoms with van der Waals surface area (Å²) < 4.78 is 53.5. The topological polar surface area (TPSA) is 81.2 Å². The van der Waals surface area contributed by atoms with Crippen LogP contribution in [0.5, 0.6) is 5.75 Å². The van der Waals surface area contributed by atoms with Crippen LogP contribution in [-0.2, 0) is 0 Å². The quantitative estimate of drug-likeness (QED) is 0.515. The van der Waals surface area contributed by atoms with Crippen molar-refractivity contribution in [1.82, 2.24) is 0 Å². The number of hydrazone groups is 1. The number of benzene rings is 1. The van der Waals surface area contributed by atoms with Crippen LogP contribution < -0.4 is 10.2 Å². The summed E-state index contributed by atoms with van der Waals surface area (Å²) >= 11 is 2.87. The largest absolute Gasteiger partial charge is 0.573 e. The molecule has 104 valence electrons. The second-order valence-electron chi connectivity index (χ2n) is 3.08. The highest BCUT2D eigenvalue weighted by Crippen LogP contribution is 2.38. The molecule has 10 heteroatoms. The first-order valence-corrected chi connectivity index (χ1v) is 5.45. The third-order valence-electron chi connectivity index (χ3n) is 1.77. The number of hydrogen-bond acceptors (Lipinski definition) is 5. The minimum atomic E-state index is -5.12. The van der Waals surface area contributed by atoms with Gasteiger partial charge in [0.25, 0.3) is 0 Å². The molecule has 0 unspecified atom stereocenters. The number of anilines is 1. The molecule has 20 heavy (non-hydrogen) atoms. The van der Waals surface area contributed by atoms with Gasteiger partial charge in [-0.1, -0.05) is 0 Å². The molecular formula is C10H3BrF4N4O. The summed E-state index contributed by atoms with van der Waals surface area (Å²) in [7, 11) is 0. The van der Waals surface area contributed by atoms with Crippen molar-refractivity contribution in [3.05, 3.63) is 22.4 Å². The summed E-state index contributed by atoms with van der Waals surface area (Å²) in [4.78, 5) is 0. The van der Waals surface area contributed by atoms with E-state index in [0.29, 0.717) is 0 Å². The Kier molecular flexibility index (Phi) is 4.88. The zero-order chi connectivity index (χ0) is 15.3. The second-order valence-corrected chi connectivity index (χ2v) is 3.93. The Balaban J connectivity index is 3.25. The van der Waals surface area contributed by atoms with E-state index in [1.54, 1.807) is 0 Å². The van der Waals surface area contributed by atoms with Gasteiger partial charge in [0.1, 0.15) is 17.8 Å². The second kappa shape index (κ2) is 6.21. The van der Waals surface area contributed by atoms with Crippen LogP contribution in [0.4, 0.5) is 23.2 Å². The number of alkyl halides is 3. The Bertz CT molecular complexity index is 614. The minimum absolute atomic E-state index is 0.00266. The van der Waals surface area contributed by atoms with Gasteiger partial charge in [-0.2, -0.15) is 15.6 Å². The molecule has 0 heterocycles. The predicted octanol–water partition coefficient (Wildman–Crippen LogP) is 3.30. The van der Waals surface area contributed by atoms with E-state index in [4.69, 9.17) is 10.5 Å². The molecule has 1 N–H and O–H groups in total. The van der Waals surface area contributed by atoms with E-state index in [1.165, 1.54) is 12.1 Å². The summed E-state index contributed by atoms with van der Waals surface area (Å²) in [5, 5.41) is 20.1. The number of nitriles is 2. The summed E-state index contributed by atoms with van der Waals surface area (Å²) in [6.45, 7) is 0. The van der Waals surface area contributed by atoms with E-state index in [1.807, 2.05) is 5.43 Å². The fourth-order valence-electron chi connectivity index (χ4n) is 1.04. The van der Waals surface area contributed by atoms with E-state index in [-0.39, 0.29) is 4.47 Å². The number of rotatable bonds is 3. The summed E-state index contributed by atoms with van der Waals surface area (Å²) in [6.07, 6.45) is -5.12. The fourth-order valence-corrected chi connectivity index (χ4v) is 1.44. The SMILES string of the molecule is N#CC(C#N)=NNc1c(Br)ccc(F)c1OC(F)(F)F. The van der Waals surface area contributed by atoms with Crippen LogP contribution in [0.25, 0.3) is 0 Å². The number of nitrogens with one attached hydrogen (secondary N) is 1. The van der Waals surface area contributed by atoms with Crippen LogP contribution in [-0.4, -0.2) is 12.1 Å². The normalized spacial score (nSPS) is 10.2. The summed E-state index contributed by atoms with van der Waals surface area (Å²) in [6, 6.07) is 4.61. The predicted molar refractivity (Wildman–Crippen MR) is 63.1 cm³/mol. The molecule has 1 aromatic rings. The molecule has 5 nitrogen and oxygen atoms in total. The zero-order valence-corrected chi connectivity index (χ0v) is 10.9. The van der Waals surface area contributed by atoms with Crippen molar-refractivity contribution in [2.75, 3.05) is 5.43 Å². The van der Waals surface area contributed by atoms with Crippen LogP contribution in [0.1, 0.15) is 0 Å². The molecule has 0 bridgehead atoms. The molecule has 1 rings (SSSR count). The van der Waals surface area contributed by atoms with Gasteiger partial charge in [0.15, 0.2) is 11.6 Å². The Hall–Kier alpha value is -2.33. The molecule has 0 aliphatic rings. The maximum atomic E-state index is 13.4. The van der Waals surface area contributed by atoms with Gasteiger partial charge >= 0.3 is 6.36 Å². The van der Waals surface area contributed by atoms with Crippen molar-refractivity contribution >= 4 is 27.3 Å². The van der Waals surface area contributed by atoms with Gasteiger partial charge in [0.05, 0.1) is 0 Å². The lowest BCUT2D eigenvalue weighted by molar-refractivity contribution is -0.275. The first-order valence-electron chi connectivity index (χ1n) is 4.66. The molecule has 0 aromatic heterocycles. The van der Waals surface area contributed by atoms with E-state index >= 15 is 0 Å². The fraction of sp³-hybridized carbons (Fsp3) is 0.100. The number of hydrogen-bond donors (Lipinski definition) is 1. The lowest BCUT2D eigenvalue weighted by Crippen LogP contribution is -2.19. The molecule has 0 saturated carbocycles. The Labute approximate surface area is 118 Å². The molecular weight excluding hydrogens is 348 g/mol. The first kappa shape index (κ1) is 15.7. The maximum absolute atomic E-state index is 13.4. The highest BCUT2D eigenvalue weighted by molar-refractivity contribution is 9.10. The van der Waals surface area contributed by atoms with Crippen molar-refractivity contribution in [2.24, 2.45) is 5.10 Å². The maximum Gasteiger partial charge on any atom is 0.573 e. The van der Waals surface area contributed by atoms with E-state index < -0.39 is 29.3 Å². The van der Waals surface area contributed by atoms with Crippen molar-refractivity contribution in [3.8, 4) is 17.9 Å². The Morgan fingerprint density at radius 3 is 2.40 bits per heavy atom. The highest BCUT2D eigenvalue weighted by Gasteiger charge is 2.34. The highest BCUT2D eigenvalue weighted by atomic mass is 79.9. The van der Waals surface area contributed by atoms with Crippen molar-refractivity contribution in [3.63, 3.8) is 0 Å². The first-order chi connectivity index (χ1) is 9.28. The van der Waals surface area contributed by atoms with Crippen LogP contribution in [0.2, 0.25) is 0 Å². The smallest absolute Gasteiger partial charge is 0.400 e. The van der Waals surface area contributed by atoms with Gasteiger partial charge in [0.2, 0.25) is 5.71 Å². The number of nitrogens with zero attached hydrogens (tertiary/aromatic N) is 3. The average molecular weight is 351 g/mol. The van der Waals surface area contributed by atoms with Crippen molar-refractivity contribution in [2.45, 2.75) is 6.36 Å². The van der Waals surface area contributed by atoms with Crippen LogP contribution in [0.3, 0.4) is 0 Å². The van der Waals surface area contributed by atoms with Crippen molar-refractivity contribution < 1.29 is 22.3 Å². The molecule has 0 aliphatic carbocycles. The van der Waals surface area contributed by atoms with Gasteiger partial charge in [0, 0.05) is 4.47 Å². The van der Waals surface area contributed by atoms with Gasteiger partial charge in [-0.15, -0.1) is 13.2 Å². The molecule has 0 radical (unpaired) electrons. The van der Waals surface area contributed by atoms with E-state index in [2.05, 4.69) is 25.8 Å². The molecule has 0 aliphatic heterocycles. The number of halogens is 5. The molecule has 0 saturated heterocycles. The molecule has 1 aromatic carbocycles. The zero-order valence-electron chi connectivity index (χ0n) is 9.29. The lowest BCUT2D eigenvalue weighted by Gasteiger charge is -2.14.